The highest BCUT2D eigenvalue weighted by molar-refractivity contribution is 7.99. The fourth-order valence-electron chi connectivity index (χ4n) is 2.94. The number of aliphatic imine (C=N–C) groups is 1. The molecule has 4 rings (SSSR count). The first-order chi connectivity index (χ1) is 11.6. The molecule has 8 heteroatoms. The van der Waals surface area contributed by atoms with Crippen LogP contribution in [0.2, 0.25) is 0 Å². The van der Waals surface area contributed by atoms with Crippen LogP contribution in [0.4, 0.5) is 11.5 Å². The number of anilines is 1. The van der Waals surface area contributed by atoms with Gasteiger partial charge in [0.15, 0.2) is 5.82 Å². The normalized spacial score (nSPS) is 19.4. The maximum absolute atomic E-state index is 6.22. The van der Waals surface area contributed by atoms with Crippen molar-refractivity contribution in [1.29, 1.82) is 0 Å². The third kappa shape index (κ3) is 3.11. The predicted octanol–water partition coefficient (Wildman–Crippen LogP) is 2.22. The number of fused-ring (bicyclic) bond motifs is 1. The van der Waals surface area contributed by atoms with E-state index in [-0.39, 0.29) is 5.54 Å². The Bertz CT molecular complexity index is 743. The van der Waals surface area contributed by atoms with Crippen LogP contribution in [0.1, 0.15) is 19.8 Å². The maximum atomic E-state index is 6.22. The Morgan fingerprint density at radius 3 is 2.75 bits per heavy atom. The first-order valence-corrected chi connectivity index (χ1v) is 8.94. The van der Waals surface area contributed by atoms with E-state index in [1.165, 1.54) is 0 Å². The van der Waals surface area contributed by atoms with Crippen molar-refractivity contribution in [2.24, 2.45) is 10.7 Å². The predicted molar refractivity (Wildman–Crippen MR) is 95.9 cm³/mol. The minimum Gasteiger partial charge on any atom is -0.373 e. The average molecular weight is 343 g/mol. The van der Waals surface area contributed by atoms with Crippen molar-refractivity contribution in [3.8, 4) is 0 Å². The van der Waals surface area contributed by atoms with E-state index < -0.39 is 0 Å². The van der Waals surface area contributed by atoms with Gasteiger partial charge in [0.2, 0.25) is 0 Å². The number of pyridine rings is 1. The molecule has 0 unspecified atom stereocenters. The first-order valence-electron chi connectivity index (χ1n) is 8.12. The van der Waals surface area contributed by atoms with Crippen molar-refractivity contribution in [2.45, 2.75) is 35.2 Å². The highest BCUT2D eigenvalue weighted by Gasteiger charge is 2.29. The summed E-state index contributed by atoms with van der Waals surface area (Å²) < 4.78 is 0. The van der Waals surface area contributed by atoms with Crippen LogP contribution in [-0.4, -0.2) is 51.1 Å². The van der Waals surface area contributed by atoms with E-state index >= 15 is 0 Å². The van der Waals surface area contributed by atoms with Gasteiger partial charge in [-0.25, -0.2) is 4.99 Å². The summed E-state index contributed by atoms with van der Waals surface area (Å²) in [5, 5.41) is 11.8. The summed E-state index contributed by atoms with van der Waals surface area (Å²) in [6, 6.07) is 3.95. The molecule has 2 aromatic heterocycles. The number of amidine groups is 1. The van der Waals surface area contributed by atoms with E-state index in [4.69, 9.17) is 10.7 Å². The van der Waals surface area contributed by atoms with Gasteiger partial charge < -0.3 is 16.0 Å². The monoisotopic (exact) mass is 343 g/mol. The molecule has 0 radical (unpaired) electrons. The Morgan fingerprint density at radius 2 is 2.00 bits per heavy atom. The molecule has 1 saturated heterocycles. The number of piperidine rings is 1. The number of hydrogen-bond donors (Lipinski definition) is 3. The van der Waals surface area contributed by atoms with Gasteiger partial charge in [-0.2, -0.15) is 5.10 Å². The van der Waals surface area contributed by atoms with Gasteiger partial charge >= 0.3 is 0 Å². The standard InChI is InChI=1S/C16H21N7S/c1-16(17)4-8-23(9-5-16)12-10-19-13-14(20-12)21-22-15(13)24-11-2-6-18-7-3-11/h2-3,6-7,19H,4-5,8-10,17H2,1H3,(H,21,22). The minimum atomic E-state index is -0.0490. The van der Waals surface area contributed by atoms with Crippen molar-refractivity contribution < 1.29 is 0 Å². The van der Waals surface area contributed by atoms with Gasteiger partial charge in [-0.15, -0.1) is 0 Å². The SMILES string of the molecule is CC1(N)CCN(C2=Nc3[nH]nc(Sc4ccncc4)c3NC2)CC1. The smallest absolute Gasteiger partial charge is 0.174 e. The number of aromatic amines is 1. The van der Waals surface area contributed by atoms with Crippen molar-refractivity contribution in [1.82, 2.24) is 20.1 Å². The highest BCUT2D eigenvalue weighted by atomic mass is 32.2. The molecule has 4 N–H and O–H groups in total. The van der Waals surface area contributed by atoms with Crippen molar-refractivity contribution in [2.75, 3.05) is 25.0 Å². The topological polar surface area (TPSA) is 95.2 Å². The summed E-state index contributed by atoms with van der Waals surface area (Å²) in [4.78, 5) is 12.2. The molecule has 0 atom stereocenters. The summed E-state index contributed by atoms with van der Waals surface area (Å²) in [5.41, 5.74) is 7.14. The molecule has 0 spiro atoms. The summed E-state index contributed by atoms with van der Waals surface area (Å²) >= 11 is 1.60. The van der Waals surface area contributed by atoms with Gasteiger partial charge in [0.1, 0.15) is 16.5 Å². The van der Waals surface area contributed by atoms with Crippen LogP contribution in [0.25, 0.3) is 0 Å². The van der Waals surface area contributed by atoms with Gasteiger partial charge in [-0.1, -0.05) is 11.8 Å². The van der Waals surface area contributed by atoms with E-state index in [1.807, 2.05) is 12.1 Å². The van der Waals surface area contributed by atoms with Gasteiger partial charge in [-0.05, 0) is 31.9 Å². The molecule has 2 aromatic rings. The first kappa shape index (κ1) is 15.5. The molecule has 24 heavy (non-hydrogen) atoms. The van der Waals surface area contributed by atoms with Crippen LogP contribution in [0, 0.1) is 0 Å². The number of nitrogens with two attached hydrogens (primary N) is 1. The van der Waals surface area contributed by atoms with Crippen LogP contribution in [-0.2, 0) is 0 Å². The Balaban J connectivity index is 1.51. The lowest BCUT2D eigenvalue weighted by Gasteiger charge is -2.39. The number of rotatable bonds is 2. The molecule has 2 aliphatic rings. The lowest BCUT2D eigenvalue weighted by atomic mass is 9.91. The van der Waals surface area contributed by atoms with Crippen LogP contribution in [0.5, 0.6) is 0 Å². The molecule has 0 aliphatic carbocycles. The van der Waals surface area contributed by atoms with Gasteiger partial charge in [-0.3, -0.25) is 10.1 Å². The molecule has 2 aliphatic heterocycles. The number of likely N-dealkylation sites (tertiary alicyclic amines) is 1. The number of nitrogens with zero attached hydrogens (tertiary/aromatic N) is 4. The second kappa shape index (κ2) is 6.10. The Hall–Kier alpha value is -2.06. The quantitative estimate of drug-likeness (QED) is 0.774. The van der Waals surface area contributed by atoms with E-state index in [0.717, 1.165) is 59.7 Å². The summed E-state index contributed by atoms with van der Waals surface area (Å²) in [5.74, 6) is 1.86. The fraction of sp³-hybridized carbons (Fsp3) is 0.438. The Labute approximate surface area is 145 Å². The lowest BCUT2D eigenvalue weighted by molar-refractivity contribution is 0.243. The van der Waals surface area contributed by atoms with Gasteiger partial charge in [0.05, 0.1) is 6.54 Å². The van der Waals surface area contributed by atoms with Crippen LogP contribution >= 0.6 is 11.8 Å². The molecule has 1 fully saturated rings. The minimum absolute atomic E-state index is 0.0490. The summed E-state index contributed by atoms with van der Waals surface area (Å²) in [7, 11) is 0. The van der Waals surface area contributed by atoms with Gasteiger partial charge in [0.25, 0.3) is 0 Å². The number of hydrogen-bond acceptors (Lipinski definition) is 7. The summed E-state index contributed by atoms with van der Waals surface area (Å²) in [6.45, 7) is 4.75. The molecule has 126 valence electrons. The highest BCUT2D eigenvalue weighted by Crippen LogP contribution is 2.38. The molecule has 0 saturated carbocycles. The zero-order chi connectivity index (χ0) is 16.6. The zero-order valence-corrected chi connectivity index (χ0v) is 14.4. The van der Waals surface area contributed by atoms with Crippen molar-refractivity contribution in [3.05, 3.63) is 24.5 Å². The van der Waals surface area contributed by atoms with Crippen LogP contribution < -0.4 is 11.1 Å². The van der Waals surface area contributed by atoms with Gasteiger partial charge in [0, 0.05) is 35.9 Å². The molecule has 0 aromatic carbocycles. The Morgan fingerprint density at radius 1 is 1.25 bits per heavy atom. The molecule has 7 nitrogen and oxygen atoms in total. The lowest BCUT2D eigenvalue weighted by Crippen LogP contribution is -2.51. The molecular formula is C16H21N7S. The maximum Gasteiger partial charge on any atom is 0.174 e. The van der Waals surface area contributed by atoms with Crippen molar-refractivity contribution in [3.63, 3.8) is 0 Å². The molecule has 0 amide bonds. The molecular weight excluding hydrogens is 322 g/mol. The third-order valence-electron chi connectivity index (χ3n) is 4.51. The largest absolute Gasteiger partial charge is 0.373 e. The molecule has 0 bridgehead atoms. The Kier molecular flexibility index (Phi) is 3.93. The van der Waals surface area contributed by atoms with E-state index in [1.54, 1.807) is 24.2 Å². The molecule has 4 heterocycles. The van der Waals surface area contributed by atoms with Crippen LogP contribution in [0.3, 0.4) is 0 Å². The number of nitrogens with one attached hydrogen (secondary N) is 2. The van der Waals surface area contributed by atoms with E-state index in [9.17, 15) is 0 Å². The van der Waals surface area contributed by atoms with Crippen molar-refractivity contribution >= 4 is 29.1 Å². The van der Waals surface area contributed by atoms with E-state index in [2.05, 4.69) is 32.3 Å². The van der Waals surface area contributed by atoms with E-state index in [0.29, 0.717) is 0 Å². The van der Waals surface area contributed by atoms with Crippen LogP contribution in [0.15, 0.2) is 39.4 Å². The second-order valence-corrected chi connectivity index (χ2v) is 7.62. The summed E-state index contributed by atoms with van der Waals surface area (Å²) in [6.07, 6.45) is 5.55. The number of H-pyrrole nitrogens is 1. The fourth-order valence-corrected chi connectivity index (χ4v) is 3.79. The zero-order valence-electron chi connectivity index (χ0n) is 13.6. The second-order valence-electron chi connectivity index (χ2n) is 6.56. The third-order valence-corrected chi connectivity index (χ3v) is 5.51. The average Bonchev–Trinajstić information content (AvgIpc) is 2.98. The number of aromatic nitrogens is 3.